The van der Waals surface area contributed by atoms with Crippen molar-refractivity contribution in [1.82, 2.24) is 4.90 Å². The van der Waals surface area contributed by atoms with Gasteiger partial charge >= 0.3 is 0 Å². The van der Waals surface area contributed by atoms with Crippen LogP contribution in [-0.2, 0) is 11.2 Å². The molecule has 5 heteroatoms. The second-order valence-electron chi connectivity index (χ2n) is 8.83. The topological polar surface area (TPSA) is 59.0 Å². The van der Waals surface area contributed by atoms with E-state index in [2.05, 4.69) is 12.1 Å². The molecular formula is C26H33NO4. The van der Waals surface area contributed by atoms with Gasteiger partial charge < -0.3 is 19.5 Å². The number of amides is 1. The van der Waals surface area contributed by atoms with Crippen LogP contribution >= 0.6 is 0 Å². The molecule has 0 aromatic heterocycles. The molecule has 1 heterocycles. The summed E-state index contributed by atoms with van der Waals surface area (Å²) in [4.78, 5) is 15.5. The van der Waals surface area contributed by atoms with Gasteiger partial charge in [-0.2, -0.15) is 0 Å². The van der Waals surface area contributed by atoms with Gasteiger partial charge in [-0.1, -0.05) is 43.2 Å². The van der Waals surface area contributed by atoms with Crippen molar-refractivity contribution in [3.05, 3.63) is 59.7 Å². The molecule has 5 nitrogen and oxygen atoms in total. The van der Waals surface area contributed by atoms with Crippen LogP contribution < -0.4 is 9.47 Å². The van der Waals surface area contributed by atoms with E-state index in [9.17, 15) is 9.90 Å². The minimum absolute atomic E-state index is 0.00307. The fourth-order valence-corrected chi connectivity index (χ4v) is 5.46. The summed E-state index contributed by atoms with van der Waals surface area (Å²) in [6, 6.07) is 15.7. The van der Waals surface area contributed by atoms with Gasteiger partial charge in [-0.25, -0.2) is 0 Å². The van der Waals surface area contributed by atoms with Gasteiger partial charge in [0.25, 0.3) is 0 Å². The first kappa shape index (κ1) is 21.7. The highest BCUT2D eigenvalue weighted by Gasteiger charge is 2.50. The van der Waals surface area contributed by atoms with Crippen LogP contribution in [0.3, 0.4) is 0 Å². The lowest BCUT2D eigenvalue weighted by molar-refractivity contribution is -0.155. The summed E-state index contributed by atoms with van der Waals surface area (Å²) in [6.07, 6.45) is 5.62. The molecule has 0 spiro atoms. The van der Waals surface area contributed by atoms with Crippen LogP contribution in [0.2, 0.25) is 0 Å². The Kier molecular flexibility index (Phi) is 6.51. The largest absolute Gasteiger partial charge is 0.497 e. The van der Waals surface area contributed by atoms with Gasteiger partial charge in [-0.15, -0.1) is 0 Å². The zero-order valence-corrected chi connectivity index (χ0v) is 18.5. The normalized spacial score (nSPS) is 25.6. The van der Waals surface area contributed by atoms with E-state index in [4.69, 9.17) is 9.47 Å². The number of ether oxygens (including phenoxy) is 2. The number of benzene rings is 2. The maximum Gasteiger partial charge on any atom is 0.223 e. The van der Waals surface area contributed by atoms with Crippen molar-refractivity contribution in [2.75, 3.05) is 20.8 Å². The molecule has 0 bridgehead atoms. The van der Waals surface area contributed by atoms with E-state index in [1.807, 2.05) is 41.3 Å². The molecule has 1 aliphatic heterocycles. The van der Waals surface area contributed by atoms with Gasteiger partial charge in [0.1, 0.15) is 11.5 Å². The Balaban J connectivity index is 1.67. The molecule has 2 fully saturated rings. The van der Waals surface area contributed by atoms with Crippen LogP contribution in [0.25, 0.3) is 0 Å². The predicted molar refractivity (Wildman–Crippen MR) is 120 cm³/mol. The quantitative estimate of drug-likeness (QED) is 0.742. The number of carbonyl (C=O) groups excluding carboxylic acids is 1. The van der Waals surface area contributed by atoms with Crippen LogP contribution in [-0.4, -0.2) is 42.3 Å². The van der Waals surface area contributed by atoms with Crippen molar-refractivity contribution in [2.45, 2.75) is 56.6 Å². The van der Waals surface area contributed by atoms with Crippen LogP contribution in [0.4, 0.5) is 0 Å². The summed E-state index contributed by atoms with van der Waals surface area (Å²) in [5, 5.41) is 11.5. The van der Waals surface area contributed by atoms with Crippen molar-refractivity contribution in [1.29, 1.82) is 0 Å². The number of hydrogen-bond acceptors (Lipinski definition) is 4. The van der Waals surface area contributed by atoms with Crippen molar-refractivity contribution < 1.29 is 19.4 Å². The number of aliphatic hydroxyl groups is 1. The minimum atomic E-state index is -0.729. The second kappa shape index (κ2) is 9.31. The number of methoxy groups -OCH3 is 2. The molecule has 1 amide bonds. The smallest absolute Gasteiger partial charge is 0.223 e. The fourth-order valence-electron chi connectivity index (χ4n) is 5.46. The average molecular weight is 424 g/mol. The highest BCUT2D eigenvalue weighted by Crippen LogP contribution is 2.51. The van der Waals surface area contributed by atoms with E-state index in [1.54, 1.807) is 14.2 Å². The lowest BCUT2D eigenvalue weighted by atomic mass is 9.66. The summed E-state index contributed by atoms with van der Waals surface area (Å²) in [7, 11) is 3.30. The second-order valence-corrected chi connectivity index (χ2v) is 8.83. The SMILES string of the molecule is COc1ccc(OC)c([C@H]2[C@H]3CCCC[C@]3(O)CCN2C(=O)CCc2ccccc2)c1. The third kappa shape index (κ3) is 4.42. The number of nitrogens with zero attached hydrogens (tertiary/aromatic N) is 1. The Morgan fingerprint density at radius 1 is 1.10 bits per heavy atom. The molecular weight excluding hydrogens is 390 g/mol. The van der Waals surface area contributed by atoms with Gasteiger partial charge in [0.05, 0.1) is 25.9 Å². The number of fused-ring (bicyclic) bond motifs is 1. The van der Waals surface area contributed by atoms with Gasteiger partial charge in [0, 0.05) is 24.4 Å². The highest BCUT2D eigenvalue weighted by molar-refractivity contribution is 5.77. The van der Waals surface area contributed by atoms with Crippen molar-refractivity contribution in [3.8, 4) is 11.5 Å². The third-order valence-corrected chi connectivity index (χ3v) is 7.11. The molecule has 2 aliphatic rings. The maximum absolute atomic E-state index is 13.5. The van der Waals surface area contributed by atoms with E-state index in [0.29, 0.717) is 25.8 Å². The average Bonchev–Trinajstić information content (AvgIpc) is 2.81. The zero-order valence-electron chi connectivity index (χ0n) is 18.5. The van der Waals surface area contributed by atoms with Crippen molar-refractivity contribution >= 4 is 5.91 Å². The third-order valence-electron chi connectivity index (χ3n) is 7.11. The maximum atomic E-state index is 13.5. The first-order chi connectivity index (χ1) is 15.1. The summed E-state index contributed by atoms with van der Waals surface area (Å²) < 4.78 is 11.2. The van der Waals surface area contributed by atoms with Crippen LogP contribution in [0.1, 0.15) is 55.7 Å². The molecule has 1 saturated carbocycles. The molecule has 0 radical (unpaired) electrons. The van der Waals surface area contributed by atoms with Gasteiger partial charge in [-0.3, -0.25) is 4.79 Å². The molecule has 2 aromatic rings. The Morgan fingerprint density at radius 2 is 1.90 bits per heavy atom. The van der Waals surface area contributed by atoms with E-state index in [1.165, 1.54) is 0 Å². The standard InChI is InChI=1S/C26H33NO4/c1-30-20-12-13-23(31-2)21(18-20)25-22-10-6-7-15-26(22,29)16-17-27(25)24(28)14-11-19-8-4-3-5-9-19/h3-5,8-9,12-13,18,22,25,29H,6-7,10-11,14-17H2,1-2H3/t22-,25+,26+/m1/s1. The number of likely N-dealkylation sites (tertiary alicyclic amines) is 1. The first-order valence-corrected chi connectivity index (χ1v) is 11.3. The Bertz CT molecular complexity index is 900. The lowest BCUT2D eigenvalue weighted by Gasteiger charge is -2.52. The summed E-state index contributed by atoms with van der Waals surface area (Å²) in [5.41, 5.74) is 1.37. The van der Waals surface area contributed by atoms with Gasteiger partial charge in [0.2, 0.25) is 5.91 Å². The Morgan fingerprint density at radius 3 is 2.65 bits per heavy atom. The molecule has 1 aliphatic carbocycles. The summed E-state index contributed by atoms with van der Waals surface area (Å²) >= 11 is 0. The van der Waals surface area contributed by atoms with E-state index in [0.717, 1.165) is 48.3 Å². The van der Waals surface area contributed by atoms with Crippen LogP contribution in [0.5, 0.6) is 11.5 Å². The molecule has 2 aromatic carbocycles. The number of aryl methyl sites for hydroxylation is 1. The molecule has 3 atom stereocenters. The monoisotopic (exact) mass is 423 g/mol. The van der Waals surface area contributed by atoms with Gasteiger partial charge in [0.15, 0.2) is 0 Å². The fraction of sp³-hybridized carbons (Fsp3) is 0.500. The number of piperidine rings is 1. The van der Waals surface area contributed by atoms with Crippen LogP contribution in [0, 0.1) is 5.92 Å². The predicted octanol–water partition coefficient (Wildman–Crippen LogP) is 4.53. The highest BCUT2D eigenvalue weighted by atomic mass is 16.5. The minimum Gasteiger partial charge on any atom is -0.497 e. The Hall–Kier alpha value is -2.53. The van der Waals surface area contributed by atoms with Crippen molar-refractivity contribution in [3.63, 3.8) is 0 Å². The molecule has 166 valence electrons. The number of carbonyl (C=O) groups is 1. The molecule has 1 saturated heterocycles. The molecule has 4 rings (SSSR count). The van der Waals surface area contributed by atoms with Crippen molar-refractivity contribution in [2.24, 2.45) is 5.92 Å². The van der Waals surface area contributed by atoms with Gasteiger partial charge in [-0.05, 0) is 49.4 Å². The molecule has 0 unspecified atom stereocenters. The Labute approximate surface area is 185 Å². The summed E-state index contributed by atoms with van der Waals surface area (Å²) in [6.45, 7) is 0.561. The van der Waals surface area contributed by atoms with Crippen LogP contribution in [0.15, 0.2) is 48.5 Å². The molecule has 31 heavy (non-hydrogen) atoms. The molecule has 1 N–H and O–H groups in total. The number of hydrogen-bond donors (Lipinski definition) is 1. The lowest BCUT2D eigenvalue weighted by Crippen LogP contribution is -2.56. The zero-order chi connectivity index (χ0) is 21.8. The van der Waals surface area contributed by atoms with E-state index >= 15 is 0 Å². The van der Waals surface area contributed by atoms with E-state index in [-0.39, 0.29) is 17.9 Å². The first-order valence-electron chi connectivity index (χ1n) is 11.3. The van der Waals surface area contributed by atoms with E-state index < -0.39 is 5.60 Å². The summed E-state index contributed by atoms with van der Waals surface area (Å²) in [5.74, 6) is 1.60. The number of rotatable bonds is 6.